The Kier molecular flexibility index (Phi) is 2.71. The van der Waals surface area contributed by atoms with Crippen molar-refractivity contribution in [2.24, 2.45) is 10.7 Å². The fraction of sp³-hybridized carbons (Fsp3) is 0.133. The van der Waals surface area contributed by atoms with E-state index >= 15 is 0 Å². The number of hydrogen-bond donors (Lipinski definition) is 1. The predicted octanol–water partition coefficient (Wildman–Crippen LogP) is 3.80. The molecule has 2 aliphatic heterocycles. The van der Waals surface area contributed by atoms with Crippen LogP contribution in [-0.4, -0.2) is 12.6 Å². The Balaban J connectivity index is 2.05. The Morgan fingerprint density at radius 2 is 1.86 bits per heavy atom. The second-order valence-corrected chi connectivity index (χ2v) is 6.33. The van der Waals surface area contributed by atoms with Crippen LogP contribution in [0.25, 0.3) is 0 Å². The van der Waals surface area contributed by atoms with Crippen LogP contribution in [-0.2, 0) is 10.3 Å². The topological polar surface area (TPSA) is 56.8 Å². The van der Waals surface area contributed by atoms with Crippen molar-refractivity contribution >= 4 is 33.6 Å². The number of rotatable bonds is 0. The van der Waals surface area contributed by atoms with Gasteiger partial charge in [0.15, 0.2) is 5.54 Å². The number of nitrogens with two attached hydrogens (primary N) is 1. The van der Waals surface area contributed by atoms with Gasteiger partial charge in [0.2, 0.25) is 0 Å². The van der Waals surface area contributed by atoms with Crippen molar-refractivity contribution in [1.82, 2.24) is 0 Å². The van der Waals surface area contributed by atoms with Crippen LogP contribution in [0.15, 0.2) is 45.9 Å². The van der Waals surface area contributed by atoms with Crippen LogP contribution in [0.1, 0.15) is 11.1 Å². The molecule has 0 bridgehead atoms. The third-order valence-electron chi connectivity index (χ3n) is 3.72. The minimum atomic E-state index is -0.707. The lowest BCUT2D eigenvalue weighted by atomic mass is 9.81. The highest BCUT2D eigenvalue weighted by Crippen LogP contribution is 2.51. The normalized spacial score (nSPS) is 22.1. The van der Waals surface area contributed by atoms with Crippen LogP contribution in [0.5, 0.6) is 11.5 Å². The maximum atomic E-state index is 6.15. The van der Waals surface area contributed by atoms with Gasteiger partial charge in [0, 0.05) is 20.6 Å². The van der Waals surface area contributed by atoms with Crippen molar-refractivity contribution < 1.29 is 9.47 Å². The fourth-order valence-electron chi connectivity index (χ4n) is 2.80. The van der Waals surface area contributed by atoms with E-state index in [2.05, 4.69) is 20.9 Å². The van der Waals surface area contributed by atoms with Gasteiger partial charge in [-0.3, -0.25) is 0 Å². The summed E-state index contributed by atoms with van der Waals surface area (Å²) in [4.78, 5) is 4.56. The molecule has 0 saturated heterocycles. The molecule has 4 rings (SSSR count). The second kappa shape index (κ2) is 4.39. The number of aliphatic imine (C=N–C) groups is 1. The number of benzene rings is 2. The van der Waals surface area contributed by atoms with Gasteiger partial charge in [0.05, 0.1) is 0 Å². The van der Waals surface area contributed by atoms with Gasteiger partial charge in [0.1, 0.15) is 18.1 Å². The number of fused-ring (bicyclic) bond motifs is 4. The van der Waals surface area contributed by atoms with Crippen LogP contribution in [0.2, 0.25) is 5.02 Å². The van der Waals surface area contributed by atoms with Crippen molar-refractivity contribution in [2.75, 3.05) is 6.61 Å². The minimum absolute atomic E-state index is 0.175. The third-order valence-corrected chi connectivity index (χ3v) is 4.45. The molecule has 1 unspecified atom stereocenters. The molecule has 0 radical (unpaired) electrons. The first kappa shape index (κ1) is 13.0. The Hall–Kier alpha value is -1.72. The zero-order valence-corrected chi connectivity index (χ0v) is 13.1. The molecule has 0 amide bonds. The van der Waals surface area contributed by atoms with Crippen LogP contribution in [0.4, 0.5) is 0 Å². The van der Waals surface area contributed by atoms with Crippen LogP contribution < -0.4 is 10.5 Å². The molecule has 21 heavy (non-hydrogen) atoms. The summed E-state index contributed by atoms with van der Waals surface area (Å²) in [5.74, 6) is 1.46. The molecule has 0 fully saturated rings. The Bertz CT molecular complexity index is 740. The molecular weight excluding hydrogens is 356 g/mol. The molecule has 2 aromatic carbocycles. The molecule has 2 aromatic rings. The van der Waals surface area contributed by atoms with E-state index in [1.54, 1.807) is 6.07 Å². The van der Waals surface area contributed by atoms with Gasteiger partial charge in [-0.05, 0) is 36.4 Å². The molecule has 4 nitrogen and oxygen atoms in total. The summed E-state index contributed by atoms with van der Waals surface area (Å²) in [5, 5.41) is 0.621. The summed E-state index contributed by atoms with van der Waals surface area (Å²) in [6.45, 7) is 0.332. The molecule has 0 saturated carbocycles. The molecule has 1 atom stereocenters. The van der Waals surface area contributed by atoms with E-state index in [1.165, 1.54) is 0 Å². The number of hydrogen-bond acceptors (Lipinski definition) is 4. The van der Waals surface area contributed by atoms with Gasteiger partial charge in [-0.25, -0.2) is 4.99 Å². The highest BCUT2D eigenvalue weighted by molar-refractivity contribution is 9.10. The van der Waals surface area contributed by atoms with E-state index in [0.717, 1.165) is 27.1 Å². The zero-order chi connectivity index (χ0) is 14.6. The van der Waals surface area contributed by atoms with Gasteiger partial charge in [0.25, 0.3) is 6.02 Å². The third kappa shape index (κ3) is 1.84. The monoisotopic (exact) mass is 364 g/mol. The fourth-order valence-corrected chi connectivity index (χ4v) is 3.33. The summed E-state index contributed by atoms with van der Waals surface area (Å²) in [6.07, 6.45) is 0. The Labute approximate surface area is 134 Å². The quantitative estimate of drug-likeness (QED) is 0.772. The maximum Gasteiger partial charge on any atom is 0.283 e. The SMILES string of the molecule is NC1=NC2(CO1)c1cc(Cl)ccc1Oc1ccc(Br)cc12. The first-order valence-electron chi connectivity index (χ1n) is 6.34. The van der Waals surface area contributed by atoms with E-state index in [0.29, 0.717) is 11.6 Å². The van der Waals surface area contributed by atoms with Gasteiger partial charge in [-0.15, -0.1) is 0 Å². The van der Waals surface area contributed by atoms with Gasteiger partial charge < -0.3 is 15.2 Å². The van der Waals surface area contributed by atoms with Crippen molar-refractivity contribution in [3.63, 3.8) is 0 Å². The molecule has 2 heterocycles. The lowest BCUT2D eigenvalue weighted by Gasteiger charge is -2.33. The minimum Gasteiger partial charge on any atom is -0.462 e. The Morgan fingerprint density at radius 3 is 2.57 bits per heavy atom. The highest BCUT2D eigenvalue weighted by Gasteiger charge is 2.47. The number of amidine groups is 1. The predicted molar refractivity (Wildman–Crippen MR) is 84.0 cm³/mol. The highest BCUT2D eigenvalue weighted by atomic mass is 79.9. The van der Waals surface area contributed by atoms with E-state index in [4.69, 9.17) is 26.8 Å². The van der Waals surface area contributed by atoms with Crippen LogP contribution >= 0.6 is 27.5 Å². The summed E-state index contributed by atoms with van der Waals surface area (Å²) >= 11 is 9.64. The number of ether oxygens (including phenoxy) is 2. The first-order chi connectivity index (χ1) is 10.1. The summed E-state index contributed by atoms with van der Waals surface area (Å²) in [6, 6.07) is 11.5. The van der Waals surface area contributed by atoms with Crippen LogP contribution in [0, 0.1) is 0 Å². The summed E-state index contributed by atoms with van der Waals surface area (Å²) < 4.78 is 12.4. The van der Waals surface area contributed by atoms with Gasteiger partial charge >= 0.3 is 0 Å². The average Bonchev–Trinajstić information content (AvgIpc) is 2.84. The first-order valence-corrected chi connectivity index (χ1v) is 7.52. The molecule has 1 spiro atoms. The van der Waals surface area contributed by atoms with Gasteiger partial charge in [-0.2, -0.15) is 0 Å². The van der Waals surface area contributed by atoms with E-state index in [1.807, 2.05) is 30.3 Å². The second-order valence-electron chi connectivity index (χ2n) is 4.98. The van der Waals surface area contributed by atoms with E-state index < -0.39 is 5.54 Å². The van der Waals surface area contributed by atoms with Crippen LogP contribution in [0.3, 0.4) is 0 Å². The molecule has 2 N–H and O–H groups in total. The molecule has 2 aliphatic rings. The molecule has 0 aliphatic carbocycles. The molecule has 6 heteroatoms. The van der Waals surface area contributed by atoms with Crippen molar-refractivity contribution in [3.05, 3.63) is 57.0 Å². The number of nitrogens with zero attached hydrogens (tertiary/aromatic N) is 1. The summed E-state index contributed by atoms with van der Waals surface area (Å²) in [7, 11) is 0. The Morgan fingerprint density at radius 1 is 1.14 bits per heavy atom. The maximum absolute atomic E-state index is 6.15. The van der Waals surface area contributed by atoms with E-state index in [9.17, 15) is 0 Å². The van der Waals surface area contributed by atoms with Crippen molar-refractivity contribution in [1.29, 1.82) is 0 Å². The van der Waals surface area contributed by atoms with Crippen molar-refractivity contribution in [3.8, 4) is 11.5 Å². The summed E-state index contributed by atoms with van der Waals surface area (Å²) in [5.41, 5.74) is 6.84. The molecular formula is C15H10BrClN2O2. The standard InChI is InChI=1S/C15H10BrClN2O2/c16-8-1-3-12-10(5-8)15(7-20-14(18)19-15)11-6-9(17)2-4-13(11)21-12/h1-6H,7H2,(H2,18,19). The zero-order valence-electron chi connectivity index (χ0n) is 10.8. The van der Waals surface area contributed by atoms with Crippen molar-refractivity contribution in [2.45, 2.75) is 5.54 Å². The smallest absolute Gasteiger partial charge is 0.283 e. The lowest BCUT2D eigenvalue weighted by Crippen LogP contribution is -2.31. The van der Waals surface area contributed by atoms with E-state index in [-0.39, 0.29) is 6.02 Å². The average molecular weight is 366 g/mol. The van der Waals surface area contributed by atoms with Gasteiger partial charge in [-0.1, -0.05) is 27.5 Å². The molecule has 0 aromatic heterocycles. The lowest BCUT2D eigenvalue weighted by molar-refractivity contribution is 0.264. The number of halogens is 2. The molecule has 106 valence electrons. The largest absolute Gasteiger partial charge is 0.462 e.